The van der Waals surface area contributed by atoms with Gasteiger partial charge in [0, 0.05) is 13.7 Å². The van der Waals surface area contributed by atoms with E-state index in [2.05, 4.69) is 6.92 Å². The van der Waals surface area contributed by atoms with Gasteiger partial charge >= 0.3 is 5.97 Å². The Morgan fingerprint density at radius 2 is 1.73 bits per heavy atom. The highest BCUT2D eigenvalue weighted by atomic mass is 16.5. The highest BCUT2D eigenvalue weighted by molar-refractivity contribution is 6.02. The fourth-order valence-corrected chi connectivity index (χ4v) is 2.68. The van der Waals surface area contributed by atoms with Crippen LogP contribution >= 0.6 is 0 Å². The van der Waals surface area contributed by atoms with Crippen LogP contribution in [0.15, 0.2) is 18.2 Å². The van der Waals surface area contributed by atoms with Gasteiger partial charge in [0.05, 0.1) is 17.9 Å². The number of esters is 1. The summed E-state index contributed by atoms with van der Waals surface area (Å²) in [5.74, 6) is -0.595. The van der Waals surface area contributed by atoms with Gasteiger partial charge in [0.25, 0.3) is 5.91 Å². The van der Waals surface area contributed by atoms with E-state index in [0.29, 0.717) is 24.5 Å². The van der Waals surface area contributed by atoms with Crippen molar-refractivity contribution in [3.8, 4) is 0 Å². The molecule has 1 amide bonds. The molecule has 0 aliphatic carbocycles. The third kappa shape index (κ3) is 7.56. The number of likely N-dealkylation sites (N-methyl/N-ethyl adjacent to an activating group) is 1. The topological polar surface area (TPSA) is 55.8 Å². The lowest BCUT2D eigenvalue weighted by Gasteiger charge is -2.20. The minimum Gasteiger partial charge on any atom is -0.462 e. The normalized spacial score (nSPS) is 10.6. The maximum atomic E-state index is 12.4. The van der Waals surface area contributed by atoms with Crippen LogP contribution in [0.1, 0.15) is 68.3 Å². The zero-order valence-corrected chi connectivity index (χ0v) is 16.7. The second kappa shape index (κ2) is 12.5. The molecule has 1 aromatic rings. The van der Waals surface area contributed by atoms with Gasteiger partial charge in [-0.1, -0.05) is 45.1 Å². The summed E-state index contributed by atoms with van der Waals surface area (Å²) in [6, 6.07) is 5.35. The lowest BCUT2D eigenvalue weighted by Crippen LogP contribution is -2.31. The lowest BCUT2D eigenvalue weighted by atomic mass is 10.1. The third-order valence-electron chi connectivity index (χ3n) is 4.25. The molecule has 0 aliphatic heterocycles. The van der Waals surface area contributed by atoms with Crippen LogP contribution in [-0.4, -0.2) is 38.7 Å². The van der Waals surface area contributed by atoms with Gasteiger partial charge in [-0.15, -0.1) is 0 Å². The molecule has 0 bridgehead atoms. The zero-order valence-electron chi connectivity index (χ0n) is 16.7. The number of benzene rings is 1. The Hall–Kier alpha value is -1.88. The van der Waals surface area contributed by atoms with Gasteiger partial charge in [-0.05, 0) is 38.0 Å². The Labute approximate surface area is 157 Å². The van der Waals surface area contributed by atoms with Gasteiger partial charge in [-0.2, -0.15) is 0 Å². The highest BCUT2D eigenvalue weighted by Gasteiger charge is 2.19. The van der Waals surface area contributed by atoms with E-state index in [-0.39, 0.29) is 12.5 Å². The van der Waals surface area contributed by atoms with Crippen molar-refractivity contribution in [2.45, 2.75) is 59.3 Å². The molecule has 0 saturated heterocycles. The van der Waals surface area contributed by atoms with Crippen LogP contribution in [-0.2, 0) is 14.3 Å². The minimum atomic E-state index is -0.421. The molecule has 0 spiro atoms. The summed E-state index contributed by atoms with van der Waals surface area (Å²) in [5, 5.41) is 0. The van der Waals surface area contributed by atoms with E-state index >= 15 is 0 Å². The second-order valence-corrected chi connectivity index (χ2v) is 6.51. The third-order valence-corrected chi connectivity index (χ3v) is 4.25. The van der Waals surface area contributed by atoms with E-state index in [9.17, 15) is 9.59 Å². The van der Waals surface area contributed by atoms with E-state index in [0.717, 1.165) is 18.4 Å². The lowest BCUT2D eigenvalue weighted by molar-refractivity contribution is -0.122. The van der Waals surface area contributed by atoms with Crippen molar-refractivity contribution >= 4 is 17.6 Å². The molecular formula is C21H33NO4. The number of amides is 1. The first-order valence-electron chi connectivity index (χ1n) is 9.63. The van der Waals surface area contributed by atoms with Crippen LogP contribution < -0.4 is 4.90 Å². The Kier molecular flexibility index (Phi) is 10.6. The fourth-order valence-electron chi connectivity index (χ4n) is 2.68. The second-order valence-electron chi connectivity index (χ2n) is 6.51. The number of rotatable bonds is 12. The van der Waals surface area contributed by atoms with E-state index in [1.165, 1.54) is 30.6 Å². The van der Waals surface area contributed by atoms with Crippen molar-refractivity contribution in [3.05, 3.63) is 29.3 Å². The van der Waals surface area contributed by atoms with E-state index in [4.69, 9.17) is 9.47 Å². The summed E-state index contributed by atoms with van der Waals surface area (Å²) in [4.78, 5) is 26.0. The molecule has 5 nitrogen and oxygen atoms in total. The summed E-state index contributed by atoms with van der Waals surface area (Å²) < 4.78 is 10.6. The first kappa shape index (κ1) is 22.2. The first-order valence-corrected chi connectivity index (χ1v) is 9.63. The molecule has 1 aromatic carbocycles. The molecular weight excluding hydrogens is 330 g/mol. The predicted octanol–water partition coefficient (Wildman–Crippen LogP) is 4.51. The number of aryl methyl sites for hydroxylation is 1. The van der Waals surface area contributed by atoms with E-state index in [1.54, 1.807) is 20.0 Å². The number of hydrogen-bond acceptors (Lipinski definition) is 4. The molecule has 146 valence electrons. The summed E-state index contributed by atoms with van der Waals surface area (Å²) >= 11 is 0. The van der Waals surface area contributed by atoms with Crippen molar-refractivity contribution in [3.63, 3.8) is 0 Å². The number of ether oxygens (including phenoxy) is 2. The van der Waals surface area contributed by atoms with Crippen molar-refractivity contribution in [1.29, 1.82) is 0 Å². The van der Waals surface area contributed by atoms with Crippen molar-refractivity contribution in [2.75, 3.05) is 31.8 Å². The minimum absolute atomic E-state index is 0.0155. The van der Waals surface area contributed by atoms with Crippen LogP contribution in [0.2, 0.25) is 0 Å². The average molecular weight is 363 g/mol. The average Bonchev–Trinajstić information content (AvgIpc) is 2.63. The van der Waals surface area contributed by atoms with Gasteiger partial charge in [-0.25, -0.2) is 4.79 Å². The molecule has 0 radical (unpaired) electrons. The Morgan fingerprint density at radius 1 is 1.04 bits per heavy atom. The standard InChI is InChI=1S/C21H33NO4/c1-5-7-8-9-10-11-14-25-16-20(23)22(4)19-15-17(3)12-13-18(19)21(24)26-6-2/h12-13,15H,5-11,14,16H2,1-4H3. The molecule has 0 unspecified atom stereocenters. The molecule has 0 aliphatic rings. The number of hydrogen-bond donors (Lipinski definition) is 0. The van der Waals surface area contributed by atoms with Gasteiger partial charge in [0.15, 0.2) is 0 Å². The maximum absolute atomic E-state index is 12.4. The SMILES string of the molecule is CCCCCCCCOCC(=O)N(C)c1cc(C)ccc1C(=O)OCC. The summed E-state index contributed by atoms with van der Waals surface area (Å²) in [7, 11) is 1.66. The predicted molar refractivity (Wildman–Crippen MR) is 105 cm³/mol. The van der Waals surface area contributed by atoms with Gasteiger partial charge < -0.3 is 14.4 Å². The zero-order chi connectivity index (χ0) is 19.4. The monoisotopic (exact) mass is 363 g/mol. The van der Waals surface area contributed by atoms with Crippen LogP contribution in [0.25, 0.3) is 0 Å². The van der Waals surface area contributed by atoms with E-state index < -0.39 is 5.97 Å². The van der Waals surface area contributed by atoms with Crippen molar-refractivity contribution < 1.29 is 19.1 Å². The largest absolute Gasteiger partial charge is 0.462 e. The smallest absolute Gasteiger partial charge is 0.340 e. The Bertz CT molecular complexity index is 571. The van der Waals surface area contributed by atoms with Crippen LogP contribution in [0.3, 0.4) is 0 Å². The molecule has 0 atom stereocenters. The van der Waals surface area contributed by atoms with Crippen molar-refractivity contribution in [2.24, 2.45) is 0 Å². The molecule has 0 saturated carbocycles. The highest BCUT2D eigenvalue weighted by Crippen LogP contribution is 2.22. The summed E-state index contributed by atoms with van der Waals surface area (Å²) in [6.07, 6.45) is 7.11. The maximum Gasteiger partial charge on any atom is 0.340 e. The summed E-state index contributed by atoms with van der Waals surface area (Å²) in [6.45, 7) is 6.78. The van der Waals surface area contributed by atoms with E-state index in [1.807, 2.05) is 19.1 Å². The molecule has 0 heterocycles. The Balaban J connectivity index is 2.52. The molecule has 1 rings (SSSR count). The van der Waals surface area contributed by atoms with Crippen molar-refractivity contribution in [1.82, 2.24) is 0 Å². The molecule has 5 heteroatoms. The quantitative estimate of drug-likeness (QED) is 0.405. The fraction of sp³-hybridized carbons (Fsp3) is 0.619. The van der Waals surface area contributed by atoms with Crippen LogP contribution in [0, 0.1) is 6.92 Å². The molecule has 0 fully saturated rings. The number of unbranched alkanes of at least 4 members (excludes halogenated alkanes) is 5. The van der Waals surface area contributed by atoms with Gasteiger partial charge in [0.1, 0.15) is 6.61 Å². The molecule has 26 heavy (non-hydrogen) atoms. The number of carbonyl (C=O) groups is 2. The number of nitrogens with zero attached hydrogens (tertiary/aromatic N) is 1. The van der Waals surface area contributed by atoms with Crippen LogP contribution in [0.5, 0.6) is 0 Å². The van der Waals surface area contributed by atoms with Crippen LogP contribution in [0.4, 0.5) is 5.69 Å². The molecule has 0 N–H and O–H groups in total. The molecule has 0 aromatic heterocycles. The first-order chi connectivity index (χ1) is 12.5. The summed E-state index contributed by atoms with van der Waals surface area (Å²) in [5.41, 5.74) is 1.92. The van der Waals surface area contributed by atoms with Gasteiger partial charge in [-0.3, -0.25) is 4.79 Å². The van der Waals surface area contributed by atoms with Gasteiger partial charge in [0.2, 0.25) is 0 Å². The Morgan fingerprint density at radius 3 is 2.42 bits per heavy atom. The number of anilines is 1. The number of carbonyl (C=O) groups excluding carboxylic acids is 2.